The second-order valence-electron chi connectivity index (χ2n) is 6.93. The van der Waals surface area contributed by atoms with Crippen LogP contribution in [0.1, 0.15) is 16.8 Å². The van der Waals surface area contributed by atoms with Crippen molar-refractivity contribution in [1.82, 2.24) is 14.1 Å². The van der Waals surface area contributed by atoms with Crippen LogP contribution in [-0.2, 0) is 16.6 Å². The number of hydrogen-bond donors (Lipinski definition) is 0. The van der Waals surface area contributed by atoms with E-state index in [2.05, 4.69) is 4.98 Å². The van der Waals surface area contributed by atoms with Crippen LogP contribution in [0.2, 0.25) is 0 Å². The van der Waals surface area contributed by atoms with Gasteiger partial charge in [0.05, 0.1) is 27.3 Å². The maximum atomic E-state index is 13.5. The van der Waals surface area contributed by atoms with Crippen molar-refractivity contribution in [3.63, 3.8) is 0 Å². The number of aryl methyl sites for hydroxylation is 3. The van der Waals surface area contributed by atoms with Crippen LogP contribution in [0.3, 0.4) is 0 Å². The van der Waals surface area contributed by atoms with Crippen molar-refractivity contribution in [2.45, 2.75) is 37.4 Å². The highest BCUT2D eigenvalue weighted by molar-refractivity contribution is 7.91. The summed E-state index contributed by atoms with van der Waals surface area (Å²) in [7, 11) is -3.81. The summed E-state index contributed by atoms with van der Waals surface area (Å²) in [4.78, 5) is 4.55. The van der Waals surface area contributed by atoms with Crippen LogP contribution in [-0.4, -0.2) is 22.5 Å². The van der Waals surface area contributed by atoms with Crippen LogP contribution >= 0.6 is 0 Å². The molecule has 144 valence electrons. The molecule has 0 atom stereocenters. The summed E-state index contributed by atoms with van der Waals surface area (Å²) in [5, 5.41) is 0.564. The molecule has 2 aromatic carbocycles. The minimum Gasteiger partial charge on any atom is -0.318 e. The third-order valence-electron chi connectivity index (χ3n) is 4.96. The van der Waals surface area contributed by atoms with Gasteiger partial charge < -0.3 is 9.13 Å². The van der Waals surface area contributed by atoms with E-state index in [0.29, 0.717) is 16.5 Å². The van der Waals surface area contributed by atoms with Gasteiger partial charge in [-0.2, -0.15) is 0 Å². The second kappa shape index (κ2) is 6.60. The van der Waals surface area contributed by atoms with Gasteiger partial charge >= 0.3 is 0 Å². The minimum absolute atomic E-state index is 0.132. The first kappa shape index (κ1) is 18.4. The topological polar surface area (TPSA) is 56.9 Å². The van der Waals surface area contributed by atoms with Crippen LogP contribution in [0.5, 0.6) is 0 Å². The van der Waals surface area contributed by atoms with E-state index in [1.807, 2.05) is 36.7 Å². The smallest absolute Gasteiger partial charge is 0.208 e. The molecule has 0 saturated heterocycles. The summed E-state index contributed by atoms with van der Waals surface area (Å²) in [6, 6.07) is 10.5. The van der Waals surface area contributed by atoms with Crippen LogP contribution in [0, 0.1) is 20.8 Å². The molecular weight excluding hydrogens is 377 g/mol. The molecule has 0 unspecified atom stereocenters. The number of hydrogen-bond acceptors (Lipinski definition) is 3. The highest BCUT2D eigenvalue weighted by Gasteiger charge is 2.26. The Morgan fingerprint density at radius 2 is 1.79 bits per heavy atom. The Labute approximate surface area is 163 Å². The maximum absolute atomic E-state index is 13.5. The predicted octanol–water partition coefficient (Wildman–Crippen LogP) is 4.51. The highest BCUT2D eigenvalue weighted by atomic mass is 32.2. The number of aromatic nitrogens is 3. The summed E-state index contributed by atoms with van der Waals surface area (Å²) in [6.45, 7) is 4.71. The number of benzene rings is 2. The van der Waals surface area contributed by atoms with E-state index < -0.39 is 16.6 Å². The van der Waals surface area contributed by atoms with E-state index in [-0.39, 0.29) is 9.79 Å². The third-order valence-corrected chi connectivity index (χ3v) is 6.88. The Kier molecular flexibility index (Phi) is 4.34. The SMILES string of the molecule is Cc1cn(-c2ccc(S(=O)(=O)c3cn(CF)c4cccc(C)c34)c(C)c2)cn1. The Bertz CT molecular complexity index is 1300. The van der Waals surface area contributed by atoms with Crippen LogP contribution in [0.25, 0.3) is 16.6 Å². The lowest BCUT2D eigenvalue weighted by Gasteiger charge is -2.10. The highest BCUT2D eigenvalue weighted by Crippen LogP contribution is 2.34. The van der Waals surface area contributed by atoms with Gasteiger partial charge in [-0.1, -0.05) is 12.1 Å². The molecule has 0 N–H and O–H groups in total. The lowest BCUT2D eigenvalue weighted by molar-refractivity contribution is 0.385. The molecule has 0 aliphatic rings. The van der Waals surface area contributed by atoms with Gasteiger partial charge in [-0.15, -0.1) is 0 Å². The number of rotatable bonds is 4. The summed E-state index contributed by atoms with van der Waals surface area (Å²) >= 11 is 0. The molecule has 0 aliphatic carbocycles. The molecule has 0 bridgehead atoms. The van der Waals surface area contributed by atoms with Crippen molar-refractivity contribution in [2.75, 3.05) is 0 Å². The molecule has 2 heterocycles. The van der Waals surface area contributed by atoms with Crippen molar-refractivity contribution >= 4 is 20.7 Å². The summed E-state index contributed by atoms with van der Waals surface area (Å²) < 4.78 is 43.5. The Hall–Kier alpha value is -2.93. The fraction of sp³-hybridized carbons (Fsp3) is 0.190. The van der Waals surface area contributed by atoms with E-state index in [9.17, 15) is 12.8 Å². The number of nitrogens with zero attached hydrogens (tertiary/aromatic N) is 3. The molecule has 2 aromatic heterocycles. The van der Waals surface area contributed by atoms with Gasteiger partial charge in [-0.05, 0) is 56.2 Å². The van der Waals surface area contributed by atoms with Gasteiger partial charge in [0.25, 0.3) is 0 Å². The average molecular weight is 397 g/mol. The number of fused-ring (bicyclic) bond motifs is 1. The van der Waals surface area contributed by atoms with E-state index in [1.54, 1.807) is 37.5 Å². The lowest BCUT2D eigenvalue weighted by atomic mass is 10.1. The van der Waals surface area contributed by atoms with E-state index in [4.69, 9.17) is 0 Å². The first-order chi connectivity index (χ1) is 13.3. The lowest BCUT2D eigenvalue weighted by Crippen LogP contribution is -2.05. The van der Waals surface area contributed by atoms with Crippen molar-refractivity contribution in [1.29, 1.82) is 0 Å². The largest absolute Gasteiger partial charge is 0.318 e. The fourth-order valence-corrected chi connectivity index (χ4v) is 5.33. The van der Waals surface area contributed by atoms with Crippen molar-refractivity contribution in [2.24, 2.45) is 0 Å². The van der Waals surface area contributed by atoms with Gasteiger partial charge in [-0.3, -0.25) is 0 Å². The van der Waals surface area contributed by atoms with E-state index >= 15 is 0 Å². The van der Waals surface area contributed by atoms with Crippen LogP contribution < -0.4 is 0 Å². The molecule has 4 aromatic rings. The minimum atomic E-state index is -3.81. The molecule has 0 spiro atoms. The van der Waals surface area contributed by atoms with Gasteiger partial charge in [0, 0.05) is 23.5 Å². The Balaban J connectivity index is 1.89. The normalized spacial score (nSPS) is 12.0. The van der Waals surface area contributed by atoms with Crippen molar-refractivity contribution in [3.8, 4) is 5.69 Å². The number of sulfone groups is 1. The summed E-state index contributed by atoms with van der Waals surface area (Å²) in [5.41, 5.74) is 3.71. The molecule has 0 fully saturated rings. The first-order valence-electron chi connectivity index (χ1n) is 8.84. The fourth-order valence-electron chi connectivity index (χ4n) is 3.57. The standard InChI is InChI=1S/C21H20FN3O2S/c1-14-5-4-6-18-21(14)20(11-24(18)12-22)28(26,27)19-8-7-17(9-15(19)2)25-10-16(3)23-13-25/h4-11,13H,12H2,1-3H3. The monoisotopic (exact) mass is 397 g/mol. The molecule has 4 rings (SSSR count). The molecule has 0 amide bonds. The zero-order chi connectivity index (χ0) is 20.1. The molecule has 5 nitrogen and oxygen atoms in total. The number of imidazole rings is 1. The zero-order valence-electron chi connectivity index (χ0n) is 15.8. The third kappa shape index (κ3) is 2.82. The predicted molar refractivity (Wildman–Crippen MR) is 106 cm³/mol. The number of alkyl halides is 1. The molecule has 7 heteroatoms. The second-order valence-corrected chi connectivity index (χ2v) is 8.81. The van der Waals surface area contributed by atoms with Gasteiger partial charge in [-0.25, -0.2) is 17.8 Å². The van der Waals surface area contributed by atoms with Crippen molar-refractivity contribution < 1.29 is 12.8 Å². The van der Waals surface area contributed by atoms with Crippen molar-refractivity contribution in [3.05, 3.63) is 71.9 Å². The number of halogens is 1. The van der Waals surface area contributed by atoms with Crippen LogP contribution in [0.4, 0.5) is 4.39 Å². The average Bonchev–Trinajstić information content (AvgIpc) is 3.26. The summed E-state index contributed by atoms with van der Waals surface area (Å²) in [6.07, 6.45) is 4.96. The molecule has 0 saturated carbocycles. The van der Waals surface area contributed by atoms with Gasteiger partial charge in [0.1, 0.15) is 0 Å². The maximum Gasteiger partial charge on any atom is 0.208 e. The van der Waals surface area contributed by atoms with E-state index in [0.717, 1.165) is 16.9 Å². The Morgan fingerprint density at radius 3 is 2.43 bits per heavy atom. The molecule has 0 radical (unpaired) electrons. The molecule has 28 heavy (non-hydrogen) atoms. The van der Waals surface area contributed by atoms with Crippen LogP contribution in [0.15, 0.2) is 64.9 Å². The quantitative estimate of drug-likeness (QED) is 0.509. The Morgan fingerprint density at radius 1 is 1.00 bits per heavy atom. The van der Waals surface area contributed by atoms with Gasteiger partial charge in [0.15, 0.2) is 6.80 Å². The molecular formula is C21H20FN3O2S. The summed E-state index contributed by atoms with van der Waals surface area (Å²) in [5.74, 6) is 0. The van der Waals surface area contributed by atoms with E-state index in [1.165, 1.54) is 10.8 Å². The molecule has 0 aliphatic heterocycles. The van der Waals surface area contributed by atoms with Gasteiger partial charge in [0.2, 0.25) is 9.84 Å². The zero-order valence-corrected chi connectivity index (χ0v) is 16.7. The first-order valence-corrected chi connectivity index (χ1v) is 10.3.